The monoisotopic (exact) mass is 280 g/mol. The van der Waals surface area contributed by atoms with Gasteiger partial charge in [0.2, 0.25) is 0 Å². The Kier molecular flexibility index (Phi) is 3.87. The van der Waals surface area contributed by atoms with Gasteiger partial charge in [-0.15, -0.1) is 0 Å². The van der Waals surface area contributed by atoms with E-state index in [1.54, 1.807) is 0 Å². The summed E-state index contributed by atoms with van der Waals surface area (Å²) < 4.78 is 0. The fourth-order valence-corrected chi connectivity index (χ4v) is 3.04. The predicted octanol–water partition coefficient (Wildman–Crippen LogP) is 4.90. The van der Waals surface area contributed by atoms with Crippen LogP contribution in [0, 0.1) is 6.92 Å². The Balaban J connectivity index is 1.92. The van der Waals surface area contributed by atoms with Gasteiger partial charge in [-0.3, -0.25) is 0 Å². The van der Waals surface area contributed by atoms with Crippen LogP contribution < -0.4 is 10.2 Å². The average Bonchev–Trinajstić information content (AvgIpc) is 2.50. The summed E-state index contributed by atoms with van der Waals surface area (Å²) >= 11 is 0. The number of benzene rings is 2. The Bertz CT molecular complexity index is 616. The van der Waals surface area contributed by atoms with Gasteiger partial charge in [-0.05, 0) is 69.5 Å². The molecule has 21 heavy (non-hydrogen) atoms. The maximum absolute atomic E-state index is 3.57. The summed E-state index contributed by atoms with van der Waals surface area (Å²) in [6.45, 7) is 7.57. The lowest BCUT2D eigenvalue weighted by molar-refractivity contribution is 0.681. The van der Waals surface area contributed by atoms with Gasteiger partial charge in [0.05, 0.1) is 0 Å². The molecule has 0 aliphatic carbocycles. The molecular formula is C19H24N2. The third-order valence-electron chi connectivity index (χ3n) is 4.31. The van der Waals surface area contributed by atoms with Gasteiger partial charge in [-0.1, -0.05) is 17.7 Å². The molecule has 2 aromatic carbocycles. The van der Waals surface area contributed by atoms with Crippen molar-refractivity contribution in [2.24, 2.45) is 0 Å². The van der Waals surface area contributed by atoms with Crippen LogP contribution in [0.3, 0.4) is 0 Å². The summed E-state index contributed by atoms with van der Waals surface area (Å²) in [7, 11) is 0. The molecule has 1 aliphatic heterocycles. The number of hydrogen-bond acceptors (Lipinski definition) is 2. The van der Waals surface area contributed by atoms with Crippen molar-refractivity contribution in [3.63, 3.8) is 0 Å². The summed E-state index contributed by atoms with van der Waals surface area (Å²) in [5.41, 5.74) is 6.60. The van der Waals surface area contributed by atoms with E-state index in [-0.39, 0.29) is 0 Å². The molecule has 2 aromatic rings. The Morgan fingerprint density at radius 1 is 1.10 bits per heavy atom. The molecule has 3 rings (SSSR count). The van der Waals surface area contributed by atoms with E-state index >= 15 is 0 Å². The third kappa shape index (κ3) is 2.90. The minimum absolute atomic E-state index is 0.586. The molecule has 0 radical (unpaired) electrons. The first-order valence-corrected chi connectivity index (χ1v) is 7.91. The number of hydrogen-bond donors (Lipinski definition) is 1. The van der Waals surface area contributed by atoms with Crippen molar-refractivity contribution >= 4 is 17.1 Å². The normalized spacial score (nSPS) is 17.0. The lowest BCUT2D eigenvalue weighted by Gasteiger charge is -2.28. The topological polar surface area (TPSA) is 15.3 Å². The van der Waals surface area contributed by atoms with Crippen LogP contribution in [-0.4, -0.2) is 12.6 Å². The Morgan fingerprint density at radius 3 is 2.52 bits per heavy atom. The maximum Gasteiger partial charge on any atom is 0.0414 e. The van der Waals surface area contributed by atoms with Gasteiger partial charge in [-0.25, -0.2) is 0 Å². The summed E-state index contributed by atoms with van der Waals surface area (Å²) in [6, 6.07) is 16.2. The predicted molar refractivity (Wildman–Crippen MR) is 91.7 cm³/mol. The Labute approximate surface area is 127 Å². The second-order valence-electron chi connectivity index (χ2n) is 6.01. The summed E-state index contributed by atoms with van der Waals surface area (Å²) in [4.78, 5) is 2.37. The second-order valence-corrected chi connectivity index (χ2v) is 6.01. The van der Waals surface area contributed by atoms with Crippen molar-refractivity contribution in [2.75, 3.05) is 16.8 Å². The maximum atomic E-state index is 3.57. The molecule has 0 aromatic heterocycles. The Hall–Kier alpha value is -1.96. The van der Waals surface area contributed by atoms with Gasteiger partial charge < -0.3 is 10.2 Å². The molecule has 0 fully saturated rings. The highest BCUT2D eigenvalue weighted by Crippen LogP contribution is 2.32. The fourth-order valence-electron chi connectivity index (χ4n) is 3.04. The van der Waals surface area contributed by atoms with Crippen molar-refractivity contribution in [2.45, 2.75) is 39.7 Å². The SMILES string of the molecule is CCN(c1ccc(C)cc1)c1ccc2c(c1)CCC(C)N2. The molecule has 0 amide bonds. The molecule has 1 atom stereocenters. The van der Waals surface area contributed by atoms with Gasteiger partial charge >= 0.3 is 0 Å². The van der Waals surface area contributed by atoms with Crippen LogP contribution in [0.2, 0.25) is 0 Å². The quantitative estimate of drug-likeness (QED) is 0.860. The van der Waals surface area contributed by atoms with E-state index in [0.29, 0.717) is 6.04 Å². The summed E-state index contributed by atoms with van der Waals surface area (Å²) in [6.07, 6.45) is 2.38. The van der Waals surface area contributed by atoms with Crippen LogP contribution >= 0.6 is 0 Å². The highest BCUT2D eigenvalue weighted by atomic mass is 15.1. The van der Waals surface area contributed by atoms with Crippen molar-refractivity contribution < 1.29 is 0 Å². The first-order chi connectivity index (χ1) is 10.2. The highest BCUT2D eigenvalue weighted by molar-refractivity contribution is 5.68. The van der Waals surface area contributed by atoms with Gasteiger partial charge in [0, 0.05) is 29.6 Å². The molecule has 110 valence electrons. The first-order valence-electron chi connectivity index (χ1n) is 7.91. The van der Waals surface area contributed by atoms with Crippen LogP contribution in [0.1, 0.15) is 31.4 Å². The lowest BCUT2D eigenvalue weighted by Crippen LogP contribution is -2.22. The van der Waals surface area contributed by atoms with E-state index in [0.717, 1.165) is 6.54 Å². The van der Waals surface area contributed by atoms with Crippen molar-refractivity contribution in [1.82, 2.24) is 0 Å². The van der Waals surface area contributed by atoms with Gasteiger partial charge in [0.1, 0.15) is 0 Å². The van der Waals surface area contributed by atoms with E-state index in [4.69, 9.17) is 0 Å². The Morgan fingerprint density at radius 2 is 1.81 bits per heavy atom. The van der Waals surface area contributed by atoms with Crippen LogP contribution in [-0.2, 0) is 6.42 Å². The van der Waals surface area contributed by atoms with Gasteiger partial charge in [-0.2, -0.15) is 0 Å². The lowest BCUT2D eigenvalue weighted by atomic mass is 9.98. The summed E-state index contributed by atoms with van der Waals surface area (Å²) in [5.74, 6) is 0. The minimum atomic E-state index is 0.586. The molecule has 2 nitrogen and oxygen atoms in total. The van der Waals surface area contributed by atoms with Gasteiger partial charge in [0.15, 0.2) is 0 Å². The number of anilines is 3. The number of fused-ring (bicyclic) bond motifs is 1. The molecule has 1 aliphatic rings. The minimum Gasteiger partial charge on any atom is -0.382 e. The molecule has 1 unspecified atom stereocenters. The molecule has 0 spiro atoms. The molecule has 0 saturated carbocycles. The van der Waals surface area contributed by atoms with E-state index in [1.807, 2.05) is 0 Å². The van der Waals surface area contributed by atoms with Crippen molar-refractivity contribution in [1.29, 1.82) is 0 Å². The number of nitrogens with zero attached hydrogens (tertiary/aromatic N) is 1. The molecular weight excluding hydrogens is 256 g/mol. The van der Waals surface area contributed by atoms with E-state index in [2.05, 4.69) is 73.5 Å². The number of rotatable bonds is 3. The van der Waals surface area contributed by atoms with Crippen LogP contribution in [0.25, 0.3) is 0 Å². The standard InChI is InChI=1S/C19H24N2/c1-4-21(17-9-5-14(2)6-10-17)18-11-12-19-16(13-18)8-7-15(3)20-19/h5-6,9-13,15,20H,4,7-8H2,1-3H3. The number of nitrogens with one attached hydrogen (secondary N) is 1. The largest absolute Gasteiger partial charge is 0.382 e. The molecule has 2 heteroatoms. The van der Waals surface area contributed by atoms with Crippen molar-refractivity contribution in [3.8, 4) is 0 Å². The van der Waals surface area contributed by atoms with Crippen LogP contribution in [0.5, 0.6) is 0 Å². The molecule has 1 N–H and O–H groups in total. The van der Waals surface area contributed by atoms with E-state index in [9.17, 15) is 0 Å². The molecule has 0 saturated heterocycles. The van der Waals surface area contributed by atoms with Gasteiger partial charge in [0.25, 0.3) is 0 Å². The zero-order valence-electron chi connectivity index (χ0n) is 13.2. The first kappa shape index (κ1) is 14.0. The zero-order chi connectivity index (χ0) is 14.8. The zero-order valence-corrected chi connectivity index (χ0v) is 13.2. The third-order valence-corrected chi connectivity index (χ3v) is 4.31. The highest BCUT2D eigenvalue weighted by Gasteiger charge is 2.16. The average molecular weight is 280 g/mol. The van der Waals surface area contributed by atoms with Crippen LogP contribution in [0.4, 0.5) is 17.1 Å². The number of aryl methyl sites for hydroxylation is 2. The summed E-state index contributed by atoms with van der Waals surface area (Å²) in [5, 5.41) is 3.57. The van der Waals surface area contributed by atoms with E-state index in [1.165, 1.54) is 41.0 Å². The van der Waals surface area contributed by atoms with Crippen LogP contribution in [0.15, 0.2) is 42.5 Å². The molecule has 1 heterocycles. The second kappa shape index (κ2) is 5.80. The fraction of sp³-hybridized carbons (Fsp3) is 0.368. The van der Waals surface area contributed by atoms with Crippen molar-refractivity contribution in [3.05, 3.63) is 53.6 Å². The molecule has 0 bridgehead atoms. The smallest absolute Gasteiger partial charge is 0.0414 e. The van der Waals surface area contributed by atoms with E-state index < -0.39 is 0 Å².